The van der Waals surface area contributed by atoms with Crippen molar-refractivity contribution in [3.05, 3.63) is 40.7 Å². The van der Waals surface area contributed by atoms with Crippen LogP contribution in [0.1, 0.15) is 11.1 Å². The zero-order chi connectivity index (χ0) is 8.97. The molecule has 0 spiro atoms. The lowest BCUT2D eigenvalue weighted by molar-refractivity contribution is 1.46. The molecule has 2 unspecified atom stereocenters. The first-order valence-corrected chi connectivity index (χ1v) is 5.34. The van der Waals surface area contributed by atoms with Gasteiger partial charge in [0.05, 0.1) is 0 Å². The van der Waals surface area contributed by atoms with Crippen LogP contribution in [-0.2, 0) is 0 Å². The first kappa shape index (κ1) is 9.90. The maximum absolute atomic E-state index is 2.74. The molecule has 12 heavy (non-hydrogen) atoms. The summed E-state index contributed by atoms with van der Waals surface area (Å²) >= 11 is 0. The SMILES string of the molecule is Cc1ccc(/C=C(/P)CP)cc1. The van der Waals surface area contributed by atoms with Crippen LogP contribution in [0, 0.1) is 6.92 Å². The van der Waals surface area contributed by atoms with Gasteiger partial charge in [-0.3, -0.25) is 0 Å². The number of aryl methyl sites for hydroxylation is 1. The van der Waals surface area contributed by atoms with Crippen molar-refractivity contribution >= 4 is 24.6 Å². The van der Waals surface area contributed by atoms with Gasteiger partial charge in [0.1, 0.15) is 0 Å². The van der Waals surface area contributed by atoms with Crippen molar-refractivity contribution in [2.45, 2.75) is 6.92 Å². The molecule has 0 saturated carbocycles. The Kier molecular flexibility index (Phi) is 3.92. The monoisotopic (exact) mass is 196 g/mol. The minimum Gasteiger partial charge on any atom is -0.133 e. The van der Waals surface area contributed by atoms with E-state index in [2.05, 4.69) is 55.7 Å². The Morgan fingerprint density at radius 1 is 1.33 bits per heavy atom. The fourth-order valence-electron chi connectivity index (χ4n) is 0.936. The lowest BCUT2D eigenvalue weighted by atomic mass is 10.1. The topological polar surface area (TPSA) is 0 Å². The van der Waals surface area contributed by atoms with Gasteiger partial charge >= 0.3 is 0 Å². The van der Waals surface area contributed by atoms with E-state index in [0.29, 0.717) is 0 Å². The van der Waals surface area contributed by atoms with Crippen molar-refractivity contribution in [2.75, 3.05) is 6.16 Å². The fourth-order valence-corrected chi connectivity index (χ4v) is 1.25. The molecule has 64 valence electrons. The third kappa shape index (κ3) is 3.05. The summed E-state index contributed by atoms with van der Waals surface area (Å²) in [6.45, 7) is 2.10. The van der Waals surface area contributed by atoms with Crippen molar-refractivity contribution in [2.24, 2.45) is 0 Å². The number of benzene rings is 1. The van der Waals surface area contributed by atoms with E-state index in [0.717, 1.165) is 6.16 Å². The van der Waals surface area contributed by atoms with Gasteiger partial charge in [-0.2, -0.15) is 0 Å². The Morgan fingerprint density at radius 3 is 2.42 bits per heavy atom. The summed E-state index contributed by atoms with van der Waals surface area (Å²) < 4.78 is 0. The molecule has 0 amide bonds. The third-order valence-corrected chi connectivity index (χ3v) is 3.01. The first-order chi connectivity index (χ1) is 5.72. The van der Waals surface area contributed by atoms with Crippen molar-refractivity contribution < 1.29 is 0 Å². The highest BCUT2D eigenvalue weighted by atomic mass is 31.0. The number of hydrogen-bond donors (Lipinski definition) is 0. The summed E-state index contributed by atoms with van der Waals surface area (Å²) in [5, 5.41) is 1.31. The first-order valence-electron chi connectivity index (χ1n) is 3.95. The van der Waals surface area contributed by atoms with Crippen molar-refractivity contribution in [1.29, 1.82) is 0 Å². The molecule has 0 aliphatic rings. The lowest BCUT2D eigenvalue weighted by Gasteiger charge is -1.97. The molecule has 0 aromatic heterocycles. The normalized spacial score (nSPS) is 11.8. The molecule has 1 rings (SSSR count). The molecule has 1 aromatic rings. The Bertz CT molecular complexity index is 272. The lowest BCUT2D eigenvalue weighted by Crippen LogP contribution is -1.76. The van der Waals surface area contributed by atoms with E-state index < -0.39 is 0 Å². The van der Waals surface area contributed by atoms with Crippen LogP contribution in [0.4, 0.5) is 0 Å². The Labute approximate surface area is 78.9 Å². The van der Waals surface area contributed by atoms with Crippen molar-refractivity contribution in [3.8, 4) is 0 Å². The van der Waals surface area contributed by atoms with Gasteiger partial charge in [0.25, 0.3) is 0 Å². The average Bonchev–Trinajstić information content (AvgIpc) is 2.09. The minimum atomic E-state index is 1.01. The van der Waals surface area contributed by atoms with E-state index in [9.17, 15) is 0 Å². The van der Waals surface area contributed by atoms with Crippen LogP contribution >= 0.6 is 18.5 Å². The van der Waals surface area contributed by atoms with E-state index in [1.54, 1.807) is 0 Å². The van der Waals surface area contributed by atoms with Gasteiger partial charge in [0.15, 0.2) is 0 Å². The van der Waals surface area contributed by atoms with Gasteiger partial charge in [-0.15, -0.1) is 18.5 Å². The summed E-state index contributed by atoms with van der Waals surface area (Å²) in [4.78, 5) is 0. The molecule has 0 fully saturated rings. The minimum absolute atomic E-state index is 1.01. The van der Waals surface area contributed by atoms with E-state index in [4.69, 9.17) is 0 Å². The second kappa shape index (κ2) is 4.75. The van der Waals surface area contributed by atoms with Gasteiger partial charge in [-0.25, -0.2) is 0 Å². The summed E-state index contributed by atoms with van der Waals surface area (Å²) in [7, 11) is 5.45. The second-order valence-electron chi connectivity index (χ2n) is 2.83. The molecular weight excluding hydrogens is 182 g/mol. The van der Waals surface area contributed by atoms with Gasteiger partial charge in [-0.05, 0) is 24.0 Å². The fraction of sp³-hybridized carbons (Fsp3) is 0.200. The molecule has 0 nitrogen and oxygen atoms in total. The number of hydrogen-bond acceptors (Lipinski definition) is 0. The van der Waals surface area contributed by atoms with E-state index >= 15 is 0 Å². The molecule has 0 aliphatic carbocycles. The largest absolute Gasteiger partial charge is 0.133 e. The highest BCUT2D eigenvalue weighted by Gasteiger charge is 1.88. The molecule has 2 atom stereocenters. The predicted molar refractivity (Wildman–Crippen MR) is 63.4 cm³/mol. The Balaban J connectivity index is 2.84. The number of rotatable bonds is 2. The van der Waals surface area contributed by atoms with Gasteiger partial charge in [0.2, 0.25) is 0 Å². The standard InChI is InChI=1S/C10H14P2/c1-8-2-4-9(5-3-8)6-10(12)7-11/h2-6H,7,11-12H2,1H3/b10-6+. The van der Waals surface area contributed by atoms with Crippen LogP contribution in [0.25, 0.3) is 6.08 Å². The van der Waals surface area contributed by atoms with Crippen LogP contribution in [0.15, 0.2) is 29.6 Å². The van der Waals surface area contributed by atoms with Crippen LogP contribution in [0.3, 0.4) is 0 Å². The van der Waals surface area contributed by atoms with Crippen LogP contribution in [0.2, 0.25) is 0 Å². The quantitative estimate of drug-likeness (QED) is 0.637. The van der Waals surface area contributed by atoms with Crippen molar-refractivity contribution in [3.63, 3.8) is 0 Å². The molecule has 0 saturated heterocycles. The van der Waals surface area contributed by atoms with E-state index in [1.807, 2.05) is 0 Å². The highest BCUT2D eigenvalue weighted by molar-refractivity contribution is 7.26. The van der Waals surface area contributed by atoms with Crippen LogP contribution in [0.5, 0.6) is 0 Å². The third-order valence-electron chi connectivity index (χ3n) is 1.67. The van der Waals surface area contributed by atoms with E-state index in [1.165, 1.54) is 16.4 Å². The summed E-state index contributed by atoms with van der Waals surface area (Å²) in [6.07, 6.45) is 3.19. The molecule has 0 radical (unpaired) electrons. The highest BCUT2D eigenvalue weighted by Crippen LogP contribution is 2.14. The maximum atomic E-state index is 2.74. The molecule has 1 aromatic carbocycles. The average molecular weight is 196 g/mol. The van der Waals surface area contributed by atoms with E-state index in [-0.39, 0.29) is 0 Å². The van der Waals surface area contributed by atoms with Crippen LogP contribution in [-0.4, -0.2) is 6.16 Å². The van der Waals surface area contributed by atoms with Crippen LogP contribution < -0.4 is 0 Å². The zero-order valence-electron chi connectivity index (χ0n) is 7.25. The smallest absolute Gasteiger partial charge is 0.0129 e. The number of allylic oxidation sites excluding steroid dienone is 1. The van der Waals surface area contributed by atoms with Gasteiger partial charge in [-0.1, -0.05) is 35.9 Å². The Morgan fingerprint density at radius 2 is 1.92 bits per heavy atom. The summed E-state index contributed by atoms with van der Waals surface area (Å²) in [5.74, 6) is 0. The zero-order valence-corrected chi connectivity index (χ0v) is 9.56. The second-order valence-corrected chi connectivity index (χ2v) is 3.98. The molecule has 0 bridgehead atoms. The predicted octanol–water partition coefficient (Wildman–Crippen LogP) is 3.09. The maximum Gasteiger partial charge on any atom is -0.0129 e. The molecular formula is C10H14P2. The van der Waals surface area contributed by atoms with Gasteiger partial charge in [0, 0.05) is 0 Å². The molecule has 2 heteroatoms. The van der Waals surface area contributed by atoms with Crippen molar-refractivity contribution in [1.82, 2.24) is 0 Å². The molecule has 0 aliphatic heterocycles. The Hall–Kier alpha value is -0.180. The summed E-state index contributed by atoms with van der Waals surface area (Å²) in [5.41, 5.74) is 2.58. The van der Waals surface area contributed by atoms with Gasteiger partial charge < -0.3 is 0 Å². The molecule has 0 heterocycles. The summed E-state index contributed by atoms with van der Waals surface area (Å²) in [6, 6.07) is 8.54. The molecule has 0 N–H and O–H groups in total.